The summed E-state index contributed by atoms with van der Waals surface area (Å²) in [5.41, 5.74) is -0.932. The predicted molar refractivity (Wildman–Crippen MR) is 102 cm³/mol. The van der Waals surface area contributed by atoms with Crippen LogP contribution in [0.1, 0.15) is 25.1 Å². The van der Waals surface area contributed by atoms with Gasteiger partial charge in [0.1, 0.15) is 18.5 Å². The molecule has 2 heterocycles. The van der Waals surface area contributed by atoms with Gasteiger partial charge in [-0.25, -0.2) is 4.79 Å². The molecule has 0 aromatic carbocycles. The van der Waals surface area contributed by atoms with E-state index in [4.69, 9.17) is 30.1 Å². The Labute approximate surface area is 171 Å². The van der Waals surface area contributed by atoms with Crippen LogP contribution in [0.25, 0.3) is 0 Å². The number of rotatable bonds is 10. The van der Waals surface area contributed by atoms with Crippen molar-refractivity contribution in [3.63, 3.8) is 0 Å². The van der Waals surface area contributed by atoms with Gasteiger partial charge in [-0.05, 0) is 13.3 Å². The largest absolute Gasteiger partial charge is 0.466 e. The molecular weight excluding hydrogens is 431 g/mol. The molecule has 1 saturated heterocycles. The minimum atomic E-state index is -3.79. The Kier molecular flexibility index (Phi) is 8.62. The van der Waals surface area contributed by atoms with Crippen LogP contribution in [0.15, 0.2) is 15.8 Å². The maximum absolute atomic E-state index is 12.5. The van der Waals surface area contributed by atoms with Gasteiger partial charge in [0.15, 0.2) is 0 Å². The Morgan fingerprint density at radius 3 is 2.83 bits per heavy atom. The lowest BCUT2D eigenvalue weighted by molar-refractivity contribution is -0.140. The van der Waals surface area contributed by atoms with E-state index in [1.165, 1.54) is 6.20 Å². The number of carbonyl (C=O) groups is 1. The number of aromatic amines is 1. The lowest BCUT2D eigenvalue weighted by Gasteiger charge is -2.20. The molecule has 2 rings (SSSR count). The summed E-state index contributed by atoms with van der Waals surface area (Å²) < 4.78 is 34.1. The lowest BCUT2D eigenvalue weighted by Crippen LogP contribution is -2.34. The summed E-state index contributed by atoms with van der Waals surface area (Å²) >= 11 is 5.66. The number of aliphatic hydroxyl groups excluding tert-OH is 1. The quantitative estimate of drug-likeness (QED) is 0.291. The number of aromatic nitrogens is 2. The molecular formula is C16H24ClN2O9P. The summed E-state index contributed by atoms with van der Waals surface area (Å²) in [7, 11) is -2.65. The van der Waals surface area contributed by atoms with Gasteiger partial charge in [-0.1, -0.05) is 0 Å². The van der Waals surface area contributed by atoms with E-state index in [2.05, 4.69) is 4.98 Å². The van der Waals surface area contributed by atoms with Crippen LogP contribution < -0.4 is 11.2 Å². The molecule has 1 fully saturated rings. The van der Waals surface area contributed by atoms with Crippen molar-refractivity contribution >= 4 is 25.2 Å². The van der Waals surface area contributed by atoms with Crippen molar-refractivity contribution in [3.05, 3.63) is 32.6 Å². The fourth-order valence-corrected chi connectivity index (χ4v) is 4.08. The molecule has 11 nitrogen and oxygen atoms in total. The Morgan fingerprint density at radius 1 is 1.48 bits per heavy atom. The van der Waals surface area contributed by atoms with Gasteiger partial charge in [0.25, 0.3) is 5.56 Å². The van der Waals surface area contributed by atoms with Crippen molar-refractivity contribution in [3.8, 4) is 0 Å². The van der Waals surface area contributed by atoms with E-state index < -0.39 is 49.4 Å². The minimum Gasteiger partial charge on any atom is -0.466 e. The second-order valence-corrected chi connectivity index (χ2v) is 8.78. The van der Waals surface area contributed by atoms with Gasteiger partial charge in [0.2, 0.25) is 0 Å². The standard InChI is InChI=1S/C16H24ClN2O9P/c1-3-26-14(21)9-29(24,25-2)27-8-12-11(20)6-13(28-12)19-7-10(4-5-17)15(22)18-16(19)23/h7,11-13,20H,3-6,8-9H2,1-2H3,(H,18,22,23)/t11-,12+,13+,29?/m0/s1. The molecule has 13 heteroatoms. The van der Waals surface area contributed by atoms with E-state index in [1.807, 2.05) is 0 Å². The van der Waals surface area contributed by atoms with Gasteiger partial charge in [-0.15, -0.1) is 11.6 Å². The van der Waals surface area contributed by atoms with Crippen LogP contribution in [-0.4, -0.2) is 65.2 Å². The third kappa shape index (κ3) is 6.24. The first-order valence-electron chi connectivity index (χ1n) is 8.91. The van der Waals surface area contributed by atoms with E-state index in [-0.39, 0.29) is 31.9 Å². The third-order valence-electron chi connectivity index (χ3n) is 4.26. The average molecular weight is 455 g/mol. The monoisotopic (exact) mass is 454 g/mol. The van der Waals surface area contributed by atoms with Gasteiger partial charge in [-0.2, -0.15) is 0 Å². The van der Waals surface area contributed by atoms with Gasteiger partial charge >= 0.3 is 19.3 Å². The lowest BCUT2D eigenvalue weighted by atomic mass is 10.2. The highest BCUT2D eigenvalue weighted by Crippen LogP contribution is 2.48. The number of carbonyl (C=O) groups excluding carboxylic acids is 1. The molecule has 1 unspecified atom stereocenters. The molecule has 0 aliphatic carbocycles. The van der Waals surface area contributed by atoms with Crippen LogP contribution in [-0.2, 0) is 34.3 Å². The second-order valence-electron chi connectivity index (χ2n) is 6.24. The zero-order valence-electron chi connectivity index (χ0n) is 16.0. The number of nitrogens with one attached hydrogen (secondary N) is 1. The molecule has 29 heavy (non-hydrogen) atoms. The first kappa shape index (κ1) is 23.8. The highest BCUT2D eigenvalue weighted by molar-refractivity contribution is 7.54. The van der Waals surface area contributed by atoms with Crippen LogP contribution in [0.2, 0.25) is 0 Å². The van der Waals surface area contributed by atoms with Crippen molar-refractivity contribution < 1.29 is 33.0 Å². The zero-order chi connectivity index (χ0) is 21.6. The van der Waals surface area contributed by atoms with Crippen LogP contribution in [0.5, 0.6) is 0 Å². The number of aryl methyl sites for hydroxylation is 1. The van der Waals surface area contributed by atoms with E-state index in [0.29, 0.717) is 5.56 Å². The first-order chi connectivity index (χ1) is 13.7. The molecule has 1 aromatic rings. The Balaban J connectivity index is 2.07. The Bertz CT molecular complexity index is 871. The maximum atomic E-state index is 12.5. The molecule has 1 aromatic heterocycles. The molecule has 0 spiro atoms. The van der Waals surface area contributed by atoms with Gasteiger partial charge in [0, 0.05) is 31.2 Å². The second kappa shape index (κ2) is 10.5. The average Bonchev–Trinajstić information content (AvgIpc) is 3.03. The van der Waals surface area contributed by atoms with Crippen molar-refractivity contribution in [2.24, 2.45) is 0 Å². The number of ether oxygens (including phenoxy) is 2. The van der Waals surface area contributed by atoms with Crippen molar-refractivity contribution in [1.29, 1.82) is 0 Å². The first-order valence-corrected chi connectivity index (χ1v) is 11.2. The van der Waals surface area contributed by atoms with Crippen molar-refractivity contribution in [2.75, 3.05) is 32.4 Å². The number of aliphatic hydroxyl groups is 1. The van der Waals surface area contributed by atoms with Gasteiger partial charge in [0.05, 0.1) is 19.3 Å². The van der Waals surface area contributed by atoms with Gasteiger partial charge in [-0.3, -0.25) is 23.7 Å². The molecule has 1 aliphatic rings. The van der Waals surface area contributed by atoms with Crippen LogP contribution in [0.3, 0.4) is 0 Å². The molecule has 0 radical (unpaired) electrons. The van der Waals surface area contributed by atoms with Crippen LogP contribution in [0.4, 0.5) is 0 Å². The van der Waals surface area contributed by atoms with E-state index in [9.17, 15) is 24.1 Å². The SMILES string of the molecule is CCOC(=O)CP(=O)(OC)OC[C@H]1O[C@@H](n2cc(CCCl)c(=O)[nH]c2=O)C[C@@H]1O. The molecule has 164 valence electrons. The summed E-state index contributed by atoms with van der Waals surface area (Å²) in [6, 6.07) is 0. The predicted octanol–water partition coefficient (Wildman–Crippen LogP) is 0.386. The maximum Gasteiger partial charge on any atom is 0.341 e. The fraction of sp³-hybridized carbons (Fsp3) is 0.688. The highest BCUT2D eigenvalue weighted by Gasteiger charge is 2.38. The topological polar surface area (TPSA) is 146 Å². The summed E-state index contributed by atoms with van der Waals surface area (Å²) in [5.74, 6) is -0.548. The number of esters is 1. The van der Waals surface area contributed by atoms with Crippen LogP contribution >= 0.6 is 19.2 Å². The molecule has 2 N–H and O–H groups in total. The number of alkyl halides is 1. The molecule has 0 saturated carbocycles. The fourth-order valence-electron chi connectivity index (χ4n) is 2.77. The zero-order valence-corrected chi connectivity index (χ0v) is 17.7. The summed E-state index contributed by atoms with van der Waals surface area (Å²) in [5, 5.41) is 10.2. The molecule has 4 atom stereocenters. The number of halogens is 1. The molecule has 1 aliphatic heterocycles. The van der Waals surface area contributed by atoms with Crippen molar-refractivity contribution in [1.82, 2.24) is 9.55 Å². The highest BCUT2D eigenvalue weighted by atomic mass is 35.5. The number of hydrogen-bond donors (Lipinski definition) is 2. The number of nitrogens with zero attached hydrogens (tertiary/aromatic N) is 1. The normalized spacial score (nSPS) is 23.7. The number of hydrogen-bond acceptors (Lipinski definition) is 9. The third-order valence-corrected chi connectivity index (χ3v) is 6.19. The Hall–Kier alpha value is -1.49. The smallest absolute Gasteiger partial charge is 0.341 e. The molecule has 0 amide bonds. The van der Waals surface area contributed by atoms with Crippen molar-refractivity contribution in [2.45, 2.75) is 38.2 Å². The van der Waals surface area contributed by atoms with Crippen LogP contribution in [0, 0.1) is 0 Å². The van der Waals surface area contributed by atoms with E-state index in [1.54, 1.807) is 6.92 Å². The van der Waals surface area contributed by atoms with Gasteiger partial charge < -0.3 is 23.6 Å². The van der Waals surface area contributed by atoms with E-state index >= 15 is 0 Å². The summed E-state index contributed by atoms with van der Waals surface area (Å²) in [6.45, 7) is 1.39. The summed E-state index contributed by atoms with van der Waals surface area (Å²) in [6.07, 6.45) is -1.79. The minimum absolute atomic E-state index is 0.0372. The van der Waals surface area contributed by atoms with E-state index in [0.717, 1.165) is 11.7 Å². The number of H-pyrrole nitrogens is 1. The summed E-state index contributed by atoms with van der Waals surface area (Å²) in [4.78, 5) is 37.6. The molecule has 0 bridgehead atoms. The Morgan fingerprint density at radius 2 is 2.21 bits per heavy atom.